The van der Waals surface area contributed by atoms with Crippen LogP contribution in [0.3, 0.4) is 0 Å². The molecule has 0 saturated heterocycles. The Morgan fingerprint density at radius 3 is 2.40 bits per heavy atom. The quantitative estimate of drug-likeness (QED) is 0.576. The molecule has 0 amide bonds. The molecule has 6 heteroatoms. The third-order valence-electron chi connectivity index (χ3n) is 3.84. The van der Waals surface area contributed by atoms with Crippen LogP contribution in [0.5, 0.6) is 0 Å². The number of nitrogens with zero attached hydrogens (tertiary/aromatic N) is 4. The first-order chi connectivity index (χ1) is 12.2. The number of benzene rings is 2. The number of hydrogen-bond acceptors (Lipinski definition) is 6. The van der Waals surface area contributed by atoms with Gasteiger partial charge in [0.1, 0.15) is 5.69 Å². The highest BCUT2D eigenvalue weighted by Gasteiger charge is 2.16. The van der Waals surface area contributed by atoms with Crippen molar-refractivity contribution in [2.45, 2.75) is 6.92 Å². The maximum Gasteiger partial charge on any atom is 0.268 e. The maximum absolute atomic E-state index is 6.04. The smallest absolute Gasteiger partial charge is 0.268 e. The summed E-state index contributed by atoms with van der Waals surface area (Å²) in [6.07, 6.45) is 1.69. The monoisotopic (exact) mass is 329 g/mol. The van der Waals surface area contributed by atoms with Crippen LogP contribution in [-0.2, 0) is 0 Å². The van der Waals surface area contributed by atoms with Gasteiger partial charge < -0.3 is 10.2 Å². The van der Waals surface area contributed by atoms with E-state index in [0.717, 1.165) is 11.1 Å². The summed E-state index contributed by atoms with van der Waals surface area (Å²) < 4.78 is 5.80. The van der Waals surface area contributed by atoms with E-state index in [0.29, 0.717) is 34.6 Å². The molecule has 2 aromatic heterocycles. The molecule has 2 aromatic carbocycles. The predicted octanol–water partition coefficient (Wildman–Crippen LogP) is 3.75. The molecule has 0 aliphatic carbocycles. The van der Waals surface area contributed by atoms with Crippen LogP contribution in [0.4, 0.5) is 5.69 Å². The van der Waals surface area contributed by atoms with Crippen LogP contribution in [0.2, 0.25) is 0 Å². The molecule has 2 heterocycles. The van der Waals surface area contributed by atoms with E-state index in [4.69, 9.17) is 10.2 Å². The van der Waals surface area contributed by atoms with Gasteiger partial charge in [-0.2, -0.15) is 0 Å². The van der Waals surface area contributed by atoms with Gasteiger partial charge in [-0.3, -0.25) is 4.98 Å². The van der Waals surface area contributed by atoms with Gasteiger partial charge >= 0.3 is 0 Å². The summed E-state index contributed by atoms with van der Waals surface area (Å²) in [5, 5.41) is 8.25. The van der Waals surface area contributed by atoms with Gasteiger partial charge in [-0.15, -0.1) is 10.2 Å². The highest BCUT2D eigenvalue weighted by Crippen LogP contribution is 2.28. The average molecular weight is 329 g/mol. The zero-order valence-corrected chi connectivity index (χ0v) is 13.5. The molecule has 122 valence electrons. The van der Waals surface area contributed by atoms with E-state index < -0.39 is 0 Å². The van der Waals surface area contributed by atoms with E-state index in [9.17, 15) is 0 Å². The number of rotatable bonds is 3. The normalized spacial score (nSPS) is 10.8. The number of nitrogens with two attached hydrogens (primary N) is 1. The molecule has 0 saturated carbocycles. The second kappa shape index (κ2) is 6.16. The Hall–Kier alpha value is -3.54. The van der Waals surface area contributed by atoms with Crippen LogP contribution in [0.25, 0.3) is 34.3 Å². The van der Waals surface area contributed by atoms with E-state index in [1.165, 1.54) is 0 Å². The first-order valence-electron chi connectivity index (χ1n) is 7.80. The van der Waals surface area contributed by atoms with Gasteiger partial charge in [-0.05, 0) is 25.1 Å². The Morgan fingerprint density at radius 1 is 0.880 bits per heavy atom. The number of anilines is 1. The van der Waals surface area contributed by atoms with Gasteiger partial charge in [-0.1, -0.05) is 36.4 Å². The van der Waals surface area contributed by atoms with Crippen molar-refractivity contribution in [1.82, 2.24) is 20.2 Å². The van der Waals surface area contributed by atoms with Gasteiger partial charge in [0.05, 0.1) is 17.6 Å². The highest BCUT2D eigenvalue weighted by molar-refractivity contribution is 5.74. The van der Waals surface area contributed by atoms with Gasteiger partial charge in [-0.25, -0.2) is 4.98 Å². The Balaban J connectivity index is 1.78. The first-order valence-corrected chi connectivity index (χ1v) is 7.80. The van der Waals surface area contributed by atoms with Crippen molar-refractivity contribution in [3.8, 4) is 34.3 Å². The average Bonchev–Trinajstić information content (AvgIpc) is 3.13. The minimum atomic E-state index is 0.334. The molecule has 6 nitrogen and oxygen atoms in total. The fraction of sp³-hybridized carbons (Fsp3) is 0.0526. The lowest BCUT2D eigenvalue weighted by Gasteiger charge is -2.06. The summed E-state index contributed by atoms with van der Waals surface area (Å²) in [4.78, 5) is 9.05. The van der Waals surface area contributed by atoms with E-state index >= 15 is 0 Å². The van der Waals surface area contributed by atoms with E-state index in [1.807, 2.05) is 61.5 Å². The van der Waals surface area contributed by atoms with Gasteiger partial charge in [0.25, 0.3) is 5.89 Å². The third kappa shape index (κ3) is 2.85. The summed E-state index contributed by atoms with van der Waals surface area (Å²) in [5.41, 5.74) is 10.3. The third-order valence-corrected chi connectivity index (χ3v) is 3.84. The molecule has 0 radical (unpaired) electrons. The van der Waals surface area contributed by atoms with E-state index in [1.54, 1.807) is 6.20 Å². The second-order valence-corrected chi connectivity index (χ2v) is 5.55. The van der Waals surface area contributed by atoms with Crippen molar-refractivity contribution in [2.24, 2.45) is 0 Å². The topological polar surface area (TPSA) is 90.7 Å². The highest BCUT2D eigenvalue weighted by atomic mass is 16.4. The van der Waals surface area contributed by atoms with Crippen LogP contribution < -0.4 is 5.73 Å². The van der Waals surface area contributed by atoms with Crippen LogP contribution in [0, 0.1) is 6.92 Å². The van der Waals surface area contributed by atoms with Gasteiger partial charge in [0.15, 0.2) is 0 Å². The number of hydrogen-bond donors (Lipinski definition) is 1. The molecule has 0 atom stereocenters. The molecular weight excluding hydrogens is 314 g/mol. The van der Waals surface area contributed by atoms with E-state index in [-0.39, 0.29) is 0 Å². The Kier molecular flexibility index (Phi) is 3.70. The lowest BCUT2D eigenvalue weighted by atomic mass is 10.1. The number of aryl methyl sites for hydroxylation is 1. The van der Waals surface area contributed by atoms with Crippen LogP contribution in [-0.4, -0.2) is 20.2 Å². The molecule has 4 aromatic rings. The van der Waals surface area contributed by atoms with Crippen molar-refractivity contribution < 1.29 is 4.42 Å². The summed E-state index contributed by atoms with van der Waals surface area (Å²) in [6, 6.07) is 17.1. The molecule has 4 rings (SSSR count). The van der Waals surface area contributed by atoms with Crippen molar-refractivity contribution in [3.63, 3.8) is 0 Å². The zero-order valence-electron chi connectivity index (χ0n) is 13.5. The largest absolute Gasteiger partial charge is 0.415 e. The van der Waals surface area contributed by atoms with Crippen molar-refractivity contribution in [1.29, 1.82) is 0 Å². The standard InChI is InChI=1S/C19H15N5O/c1-12-17(19-24-23-18(25-19)13-7-3-2-4-8-13)22-16(11-21-12)14-9-5-6-10-15(14)20/h2-11H,20H2,1H3. The van der Waals surface area contributed by atoms with E-state index in [2.05, 4.69) is 20.2 Å². The molecule has 2 N–H and O–H groups in total. The summed E-state index contributed by atoms with van der Waals surface area (Å²) in [6.45, 7) is 1.85. The Morgan fingerprint density at radius 2 is 1.60 bits per heavy atom. The lowest BCUT2D eigenvalue weighted by molar-refractivity contribution is 0.581. The molecule has 0 unspecified atom stereocenters. The summed E-state index contributed by atoms with van der Waals surface area (Å²) >= 11 is 0. The maximum atomic E-state index is 6.04. The Labute approximate surface area is 144 Å². The molecule has 0 spiro atoms. The van der Waals surface area contributed by atoms with Crippen LogP contribution >= 0.6 is 0 Å². The van der Waals surface area contributed by atoms with Gasteiger partial charge in [0, 0.05) is 16.8 Å². The molecule has 0 bridgehead atoms. The number of aromatic nitrogens is 4. The molecular formula is C19H15N5O. The van der Waals surface area contributed by atoms with Crippen LogP contribution in [0.1, 0.15) is 5.69 Å². The molecule has 25 heavy (non-hydrogen) atoms. The summed E-state index contributed by atoms with van der Waals surface area (Å²) in [5.74, 6) is 0.779. The first kappa shape index (κ1) is 15.0. The fourth-order valence-corrected chi connectivity index (χ4v) is 2.53. The molecule has 0 aliphatic rings. The molecule has 0 aliphatic heterocycles. The van der Waals surface area contributed by atoms with Gasteiger partial charge in [0.2, 0.25) is 5.89 Å². The Bertz CT molecular complexity index is 1030. The number of nitrogen functional groups attached to an aromatic ring is 1. The minimum absolute atomic E-state index is 0.334. The minimum Gasteiger partial charge on any atom is -0.415 e. The molecule has 0 fully saturated rings. The second-order valence-electron chi connectivity index (χ2n) is 5.55. The van der Waals surface area contributed by atoms with Crippen molar-refractivity contribution in [3.05, 3.63) is 66.5 Å². The number of para-hydroxylation sites is 1. The summed E-state index contributed by atoms with van der Waals surface area (Å²) in [7, 11) is 0. The fourth-order valence-electron chi connectivity index (χ4n) is 2.53. The SMILES string of the molecule is Cc1ncc(-c2ccccc2N)nc1-c1nnc(-c2ccccc2)o1. The zero-order chi connectivity index (χ0) is 17.2. The van der Waals surface area contributed by atoms with Crippen LogP contribution in [0.15, 0.2) is 65.2 Å². The lowest BCUT2D eigenvalue weighted by Crippen LogP contribution is -1.97. The predicted molar refractivity (Wildman–Crippen MR) is 95.3 cm³/mol. The van der Waals surface area contributed by atoms with Crippen molar-refractivity contribution >= 4 is 5.69 Å². The van der Waals surface area contributed by atoms with Crippen molar-refractivity contribution in [2.75, 3.05) is 5.73 Å².